The number of aromatic nitrogens is 4. The number of rotatable bonds is 3. The number of carbonyl (C=O) groups is 1. The first-order valence-corrected chi connectivity index (χ1v) is 10.3. The fourth-order valence-corrected chi connectivity index (χ4v) is 4.69. The number of nitrogens with one attached hydrogen (secondary N) is 1. The monoisotopic (exact) mass is 417 g/mol. The molecule has 1 aliphatic carbocycles. The first-order chi connectivity index (χ1) is 14.4. The summed E-state index contributed by atoms with van der Waals surface area (Å²) in [4.78, 5) is 22.7. The Balaban J connectivity index is 1.33. The van der Waals surface area contributed by atoms with Gasteiger partial charge < -0.3 is 9.88 Å². The van der Waals surface area contributed by atoms with Crippen LogP contribution < -0.4 is 0 Å². The molecule has 1 aromatic carbocycles. The standard InChI is InChI=1S/C21H22F3N5O/c22-21(23,24)19-14-6-3-9-17(14)29(27-19)12-18(30)28-10-4-5-13(11-28)20-25-15-7-1-2-8-16(15)26-20/h1-2,7-8,13H,3-6,9-12H2,(H,25,26)/t13-/m1/s1. The number of hydrogen-bond acceptors (Lipinski definition) is 3. The number of likely N-dealkylation sites (tertiary alicyclic amines) is 1. The summed E-state index contributed by atoms with van der Waals surface area (Å²) in [6.45, 7) is 0.963. The number of alkyl halides is 3. The van der Waals surface area contributed by atoms with Gasteiger partial charge in [-0.15, -0.1) is 0 Å². The zero-order valence-corrected chi connectivity index (χ0v) is 16.4. The number of para-hydroxylation sites is 2. The number of benzene rings is 1. The Bertz CT molecular complexity index is 1070. The lowest BCUT2D eigenvalue weighted by atomic mass is 9.97. The summed E-state index contributed by atoms with van der Waals surface area (Å²) < 4.78 is 41.2. The molecule has 2 aliphatic rings. The molecule has 1 fully saturated rings. The van der Waals surface area contributed by atoms with Crippen LogP contribution in [0.1, 0.15) is 48.0 Å². The number of aromatic amines is 1. The molecule has 3 heterocycles. The molecule has 1 aliphatic heterocycles. The summed E-state index contributed by atoms with van der Waals surface area (Å²) in [6.07, 6.45) is -1.16. The minimum absolute atomic E-state index is 0.0872. The second kappa shape index (κ2) is 7.14. The van der Waals surface area contributed by atoms with Gasteiger partial charge in [-0.1, -0.05) is 12.1 Å². The minimum Gasteiger partial charge on any atom is -0.342 e. The topological polar surface area (TPSA) is 66.8 Å². The molecule has 0 spiro atoms. The molecule has 2 aromatic heterocycles. The van der Waals surface area contributed by atoms with Gasteiger partial charge in [0.05, 0.1) is 11.0 Å². The van der Waals surface area contributed by atoms with Gasteiger partial charge in [0.15, 0.2) is 5.69 Å². The van der Waals surface area contributed by atoms with Crippen molar-refractivity contribution in [1.29, 1.82) is 0 Å². The molecule has 6 nitrogen and oxygen atoms in total. The van der Waals surface area contributed by atoms with Crippen LogP contribution in [0, 0.1) is 0 Å². The largest absolute Gasteiger partial charge is 0.435 e. The molecule has 9 heteroatoms. The molecule has 3 aromatic rings. The van der Waals surface area contributed by atoms with E-state index < -0.39 is 11.9 Å². The number of H-pyrrole nitrogens is 1. The van der Waals surface area contributed by atoms with E-state index in [0.717, 1.165) is 29.7 Å². The van der Waals surface area contributed by atoms with Crippen molar-refractivity contribution >= 4 is 16.9 Å². The summed E-state index contributed by atoms with van der Waals surface area (Å²) in [7, 11) is 0. The van der Waals surface area contributed by atoms with Crippen LogP contribution in [-0.4, -0.2) is 43.6 Å². The third-order valence-electron chi connectivity index (χ3n) is 6.13. The predicted molar refractivity (Wildman–Crippen MR) is 104 cm³/mol. The van der Waals surface area contributed by atoms with Crippen molar-refractivity contribution in [3.05, 3.63) is 47.0 Å². The highest BCUT2D eigenvalue weighted by atomic mass is 19.4. The van der Waals surface area contributed by atoms with Gasteiger partial charge >= 0.3 is 6.18 Å². The summed E-state index contributed by atoms with van der Waals surface area (Å²) in [5, 5.41) is 3.77. The Morgan fingerprint density at radius 2 is 2.03 bits per heavy atom. The van der Waals surface area contributed by atoms with E-state index >= 15 is 0 Å². The van der Waals surface area contributed by atoms with E-state index in [1.54, 1.807) is 4.90 Å². The number of hydrogen-bond donors (Lipinski definition) is 1. The molecule has 1 N–H and O–H groups in total. The minimum atomic E-state index is -4.49. The fraction of sp³-hybridized carbons (Fsp3) is 0.476. The molecule has 1 amide bonds. The zero-order valence-electron chi connectivity index (χ0n) is 16.4. The molecular formula is C21H22F3N5O. The van der Waals surface area contributed by atoms with Gasteiger partial charge in [0.25, 0.3) is 0 Å². The third kappa shape index (κ3) is 3.36. The molecule has 0 saturated carbocycles. The van der Waals surface area contributed by atoms with Crippen LogP contribution in [-0.2, 0) is 30.4 Å². The average molecular weight is 417 g/mol. The van der Waals surface area contributed by atoms with Crippen LogP contribution >= 0.6 is 0 Å². The number of piperidine rings is 1. The number of nitrogens with zero attached hydrogens (tertiary/aromatic N) is 4. The van der Waals surface area contributed by atoms with Gasteiger partial charge in [-0.25, -0.2) is 4.98 Å². The van der Waals surface area contributed by atoms with Gasteiger partial charge in [0.1, 0.15) is 12.4 Å². The first kappa shape index (κ1) is 19.1. The van der Waals surface area contributed by atoms with Crippen molar-refractivity contribution in [3.63, 3.8) is 0 Å². The first-order valence-electron chi connectivity index (χ1n) is 10.3. The number of carbonyl (C=O) groups excluding carboxylic acids is 1. The lowest BCUT2D eigenvalue weighted by Gasteiger charge is -2.32. The van der Waals surface area contributed by atoms with Crippen LogP contribution in [0.5, 0.6) is 0 Å². The Morgan fingerprint density at radius 3 is 2.83 bits per heavy atom. The molecule has 158 valence electrons. The summed E-state index contributed by atoms with van der Waals surface area (Å²) in [5.41, 5.74) is 1.84. The third-order valence-corrected chi connectivity index (χ3v) is 6.13. The van der Waals surface area contributed by atoms with Crippen LogP contribution in [0.2, 0.25) is 0 Å². The highest BCUT2D eigenvalue weighted by Crippen LogP contribution is 2.36. The number of imidazole rings is 1. The molecule has 0 radical (unpaired) electrons. The molecule has 1 atom stereocenters. The van der Waals surface area contributed by atoms with E-state index in [4.69, 9.17) is 0 Å². The lowest BCUT2D eigenvalue weighted by Crippen LogP contribution is -2.41. The van der Waals surface area contributed by atoms with E-state index in [1.807, 2.05) is 24.3 Å². The fourth-order valence-electron chi connectivity index (χ4n) is 4.69. The van der Waals surface area contributed by atoms with Gasteiger partial charge in [-0.2, -0.15) is 18.3 Å². The van der Waals surface area contributed by atoms with Crippen molar-refractivity contribution in [2.75, 3.05) is 13.1 Å². The van der Waals surface area contributed by atoms with Crippen LogP contribution in [0.4, 0.5) is 13.2 Å². The van der Waals surface area contributed by atoms with E-state index in [-0.39, 0.29) is 23.9 Å². The van der Waals surface area contributed by atoms with E-state index in [0.29, 0.717) is 38.0 Å². The summed E-state index contributed by atoms with van der Waals surface area (Å²) in [5.74, 6) is 0.749. The highest BCUT2D eigenvalue weighted by molar-refractivity contribution is 5.77. The van der Waals surface area contributed by atoms with E-state index in [9.17, 15) is 18.0 Å². The van der Waals surface area contributed by atoms with Gasteiger partial charge in [-0.05, 0) is 44.2 Å². The Labute approximate surface area is 171 Å². The number of halogens is 3. The maximum Gasteiger partial charge on any atom is 0.435 e. The van der Waals surface area contributed by atoms with Crippen molar-refractivity contribution in [1.82, 2.24) is 24.6 Å². The number of fused-ring (bicyclic) bond motifs is 2. The Hall–Kier alpha value is -2.84. The normalized spacial score (nSPS) is 19.4. The highest BCUT2D eigenvalue weighted by Gasteiger charge is 2.40. The maximum absolute atomic E-state index is 13.3. The van der Waals surface area contributed by atoms with Crippen molar-refractivity contribution < 1.29 is 18.0 Å². The number of amides is 1. The molecular weight excluding hydrogens is 395 g/mol. The molecule has 30 heavy (non-hydrogen) atoms. The average Bonchev–Trinajstić information content (AvgIpc) is 3.43. The molecule has 5 rings (SSSR count). The Morgan fingerprint density at radius 1 is 1.20 bits per heavy atom. The van der Waals surface area contributed by atoms with Gasteiger partial charge in [0.2, 0.25) is 5.91 Å². The quantitative estimate of drug-likeness (QED) is 0.707. The Kier molecular flexibility index (Phi) is 4.56. The second-order valence-electron chi connectivity index (χ2n) is 8.10. The summed E-state index contributed by atoms with van der Waals surface area (Å²) in [6, 6.07) is 7.78. The zero-order chi connectivity index (χ0) is 20.9. The van der Waals surface area contributed by atoms with Gasteiger partial charge in [0, 0.05) is 30.3 Å². The molecule has 0 unspecified atom stereocenters. The summed E-state index contributed by atoms with van der Waals surface area (Å²) >= 11 is 0. The lowest BCUT2D eigenvalue weighted by molar-refractivity contribution is -0.142. The maximum atomic E-state index is 13.3. The van der Waals surface area contributed by atoms with Crippen LogP contribution in [0.3, 0.4) is 0 Å². The van der Waals surface area contributed by atoms with Gasteiger partial charge in [-0.3, -0.25) is 9.48 Å². The predicted octanol–water partition coefficient (Wildman–Crippen LogP) is 3.67. The molecule has 1 saturated heterocycles. The van der Waals surface area contributed by atoms with Crippen LogP contribution in [0.15, 0.2) is 24.3 Å². The SMILES string of the molecule is O=C(Cn1nc(C(F)(F)F)c2c1CCC2)N1CCC[C@@H](c2nc3ccccc3[nH]2)C1. The van der Waals surface area contributed by atoms with E-state index in [2.05, 4.69) is 15.1 Å². The molecule has 0 bridgehead atoms. The second-order valence-corrected chi connectivity index (χ2v) is 8.10. The van der Waals surface area contributed by atoms with Crippen molar-refractivity contribution in [3.8, 4) is 0 Å². The smallest absolute Gasteiger partial charge is 0.342 e. The van der Waals surface area contributed by atoms with Crippen molar-refractivity contribution in [2.45, 2.75) is 50.7 Å². The van der Waals surface area contributed by atoms with Crippen LogP contribution in [0.25, 0.3) is 11.0 Å². The van der Waals surface area contributed by atoms with E-state index in [1.165, 1.54) is 4.68 Å². The van der Waals surface area contributed by atoms with Crippen molar-refractivity contribution in [2.24, 2.45) is 0 Å².